The van der Waals surface area contributed by atoms with E-state index in [2.05, 4.69) is 23.6 Å². The van der Waals surface area contributed by atoms with Crippen molar-refractivity contribution < 1.29 is 0 Å². The molecule has 0 saturated carbocycles. The molecule has 2 aliphatic rings. The second-order valence-electron chi connectivity index (χ2n) is 6.33. The van der Waals surface area contributed by atoms with Crippen molar-refractivity contribution in [3.05, 3.63) is 0 Å². The molecule has 0 aromatic carbocycles. The van der Waals surface area contributed by atoms with E-state index < -0.39 is 0 Å². The molecule has 2 atom stereocenters. The summed E-state index contributed by atoms with van der Waals surface area (Å²) in [5, 5.41) is 0. The van der Waals surface area contributed by atoms with Gasteiger partial charge in [-0.25, -0.2) is 0 Å². The van der Waals surface area contributed by atoms with Crippen LogP contribution < -0.4 is 5.73 Å². The molecule has 100 valence electrons. The molecule has 3 nitrogen and oxygen atoms in total. The predicted molar refractivity (Wildman–Crippen MR) is 73.1 cm³/mol. The third-order valence-corrected chi connectivity index (χ3v) is 4.19. The van der Waals surface area contributed by atoms with Crippen LogP contribution in [0.25, 0.3) is 0 Å². The number of nitrogens with zero attached hydrogens (tertiary/aromatic N) is 2. The predicted octanol–water partition coefficient (Wildman–Crippen LogP) is 1.53. The van der Waals surface area contributed by atoms with Crippen LogP contribution in [0.1, 0.15) is 39.5 Å². The fourth-order valence-electron chi connectivity index (χ4n) is 3.40. The summed E-state index contributed by atoms with van der Waals surface area (Å²) in [7, 11) is 0. The fraction of sp³-hybridized carbons (Fsp3) is 1.00. The SMILES string of the molecule is CC(C)CC(N)CN1CCN2CCCCC2C1. The summed E-state index contributed by atoms with van der Waals surface area (Å²) in [6, 6.07) is 1.19. The molecule has 2 rings (SSSR count). The Morgan fingerprint density at radius 3 is 2.76 bits per heavy atom. The first-order valence-electron chi connectivity index (χ1n) is 7.37. The second-order valence-corrected chi connectivity index (χ2v) is 6.33. The number of nitrogens with two attached hydrogens (primary N) is 1. The van der Waals surface area contributed by atoms with E-state index >= 15 is 0 Å². The average Bonchev–Trinajstić information content (AvgIpc) is 2.27. The number of fused-ring (bicyclic) bond motifs is 1. The lowest BCUT2D eigenvalue weighted by Gasteiger charge is -2.44. The summed E-state index contributed by atoms with van der Waals surface area (Å²) in [6.07, 6.45) is 5.39. The summed E-state index contributed by atoms with van der Waals surface area (Å²) in [4.78, 5) is 5.29. The summed E-state index contributed by atoms with van der Waals surface area (Å²) in [5.74, 6) is 0.723. The monoisotopic (exact) mass is 239 g/mol. The summed E-state index contributed by atoms with van der Waals surface area (Å²) in [6.45, 7) is 10.7. The first kappa shape index (κ1) is 13.3. The largest absolute Gasteiger partial charge is 0.327 e. The van der Waals surface area contributed by atoms with E-state index in [1.54, 1.807) is 0 Å². The Kier molecular flexibility index (Phi) is 4.83. The number of rotatable bonds is 4. The first-order valence-corrected chi connectivity index (χ1v) is 7.37. The molecule has 0 bridgehead atoms. The van der Waals surface area contributed by atoms with E-state index in [1.165, 1.54) is 45.4 Å². The number of piperazine rings is 1. The molecule has 2 N–H and O–H groups in total. The highest BCUT2D eigenvalue weighted by atomic mass is 15.3. The number of hydrogen-bond acceptors (Lipinski definition) is 3. The molecule has 0 radical (unpaired) electrons. The lowest BCUT2D eigenvalue weighted by Crippen LogP contribution is -2.56. The van der Waals surface area contributed by atoms with Gasteiger partial charge in [0.2, 0.25) is 0 Å². The van der Waals surface area contributed by atoms with Gasteiger partial charge in [-0.1, -0.05) is 20.3 Å². The van der Waals surface area contributed by atoms with Gasteiger partial charge in [-0.3, -0.25) is 9.80 Å². The second kappa shape index (κ2) is 6.17. The van der Waals surface area contributed by atoms with Crippen molar-refractivity contribution in [1.29, 1.82) is 0 Å². The Balaban J connectivity index is 1.75. The molecule has 0 spiro atoms. The van der Waals surface area contributed by atoms with Crippen LogP contribution >= 0.6 is 0 Å². The van der Waals surface area contributed by atoms with Crippen molar-refractivity contribution in [2.75, 3.05) is 32.7 Å². The molecule has 2 fully saturated rings. The van der Waals surface area contributed by atoms with Gasteiger partial charge >= 0.3 is 0 Å². The highest BCUT2D eigenvalue weighted by Gasteiger charge is 2.29. The third-order valence-electron chi connectivity index (χ3n) is 4.19. The van der Waals surface area contributed by atoms with Gasteiger partial charge in [0.05, 0.1) is 0 Å². The van der Waals surface area contributed by atoms with Gasteiger partial charge in [0.1, 0.15) is 0 Å². The van der Waals surface area contributed by atoms with Crippen LogP contribution in [0.5, 0.6) is 0 Å². The van der Waals surface area contributed by atoms with Gasteiger partial charge in [0.15, 0.2) is 0 Å². The van der Waals surface area contributed by atoms with Crippen molar-refractivity contribution in [3.63, 3.8) is 0 Å². The topological polar surface area (TPSA) is 32.5 Å². The molecular weight excluding hydrogens is 210 g/mol. The lowest BCUT2D eigenvalue weighted by molar-refractivity contribution is 0.0458. The van der Waals surface area contributed by atoms with Crippen LogP contribution in [0.2, 0.25) is 0 Å². The molecule has 0 aromatic rings. The van der Waals surface area contributed by atoms with E-state index in [9.17, 15) is 0 Å². The third kappa shape index (κ3) is 3.94. The van der Waals surface area contributed by atoms with Crippen LogP contribution in [0.3, 0.4) is 0 Å². The van der Waals surface area contributed by atoms with E-state index in [4.69, 9.17) is 5.73 Å². The normalized spacial score (nSPS) is 29.3. The summed E-state index contributed by atoms with van der Waals surface area (Å²) in [5.41, 5.74) is 6.22. The Labute approximate surface area is 106 Å². The van der Waals surface area contributed by atoms with Crippen LogP contribution in [0, 0.1) is 5.92 Å². The molecule has 2 heterocycles. The van der Waals surface area contributed by atoms with Gasteiger partial charge in [-0.15, -0.1) is 0 Å². The standard InChI is InChI=1S/C14H29N3/c1-12(2)9-13(15)10-16-7-8-17-6-4-3-5-14(17)11-16/h12-14H,3-11,15H2,1-2H3. The Morgan fingerprint density at radius 1 is 1.18 bits per heavy atom. The van der Waals surface area contributed by atoms with Gasteiger partial charge in [0, 0.05) is 38.3 Å². The molecule has 17 heavy (non-hydrogen) atoms. The van der Waals surface area contributed by atoms with Crippen molar-refractivity contribution in [2.24, 2.45) is 11.7 Å². The van der Waals surface area contributed by atoms with E-state index in [-0.39, 0.29) is 0 Å². The van der Waals surface area contributed by atoms with Crippen LogP contribution in [-0.4, -0.2) is 54.6 Å². The molecule has 2 saturated heterocycles. The molecule has 0 aromatic heterocycles. The minimum Gasteiger partial charge on any atom is -0.327 e. The average molecular weight is 239 g/mol. The summed E-state index contributed by atoms with van der Waals surface area (Å²) >= 11 is 0. The molecule has 2 unspecified atom stereocenters. The quantitative estimate of drug-likeness (QED) is 0.807. The smallest absolute Gasteiger partial charge is 0.0223 e. The Morgan fingerprint density at radius 2 is 2.00 bits per heavy atom. The van der Waals surface area contributed by atoms with E-state index in [0.29, 0.717) is 6.04 Å². The molecule has 3 heteroatoms. The Bertz CT molecular complexity index is 230. The van der Waals surface area contributed by atoms with Crippen LogP contribution in [0.15, 0.2) is 0 Å². The minimum absolute atomic E-state index is 0.366. The van der Waals surface area contributed by atoms with Crippen molar-refractivity contribution in [1.82, 2.24) is 9.80 Å². The van der Waals surface area contributed by atoms with Gasteiger partial charge in [-0.2, -0.15) is 0 Å². The minimum atomic E-state index is 0.366. The van der Waals surface area contributed by atoms with Gasteiger partial charge in [-0.05, 0) is 31.7 Å². The van der Waals surface area contributed by atoms with Crippen LogP contribution in [0.4, 0.5) is 0 Å². The highest BCUT2D eigenvalue weighted by Crippen LogP contribution is 2.21. The van der Waals surface area contributed by atoms with Crippen LogP contribution in [-0.2, 0) is 0 Å². The zero-order chi connectivity index (χ0) is 12.3. The van der Waals surface area contributed by atoms with Gasteiger partial charge in [0.25, 0.3) is 0 Å². The van der Waals surface area contributed by atoms with Crippen molar-refractivity contribution in [3.8, 4) is 0 Å². The molecular formula is C14H29N3. The number of hydrogen-bond donors (Lipinski definition) is 1. The van der Waals surface area contributed by atoms with E-state index in [1.807, 2.05) is 0 Å². The number of piperidine rings is 1. The zero-order valence-electron chi connectivity index (χ0n) is 11.6. The van der Waals surface area contributed by atoms with E-state index in [0.717, 1.165) is 24.9 Å². The summed E-state index contributed by atoms with van der Waals surface area (Å²) < 4.78 is 0. The highest BCUT2D eigenvalue weighted by molar-refractivity contribution is 4.86. The maximum absolute atomic E-state index is 6.22. The molecule has 0 amide bonds. The first-order chi connectivity index (χ1) is 8.15. The molecule has 0 aliphatic carbocycles. The van der Waals surface area contributed by atoms with Crippen molar-refractivity contribution in [2.45, 2.75) is 51.6 Å². The fourth-order valence-corrected chi connectivity index (χ4v) is 3.40. The van der Waals surface area contributed by atoms with Gasteiger partial charge < -0.3 is 5.73 Å². The molecule has 2 aliphatic heterocycles. The maximum Gasteiger partial charge on any atom is 0.0223 e. The van der Waals surface area contributed by atoms with Crippen molar-refractivity contribution >= 4 is 0 Å². The zero-order valence-corrected chi connectivity index (χ0v) is 11.6. The maximum atomic E-state index is 6.22. The Hall–Kier alpha value is -0.120. The lowest BCUT2D eigenvalue weighted by atomic mass is 9.98.